The normalized spacial score (nSPS) is 16.7. The van der Waals surface area contributed by atoms with Crippen LogP contribution in [0.25, 0.3) is 0 Å². The number of hydrogen-bond donors (Lipinski definition) is 1. The van der Waals surface area contributed by atoms with Crippen LogP contribution in [-0.4, -0.2) is 62.2 Å². The molecule has 1 aromatic rings. The van der Waals surface area contributed by atoms with Gasteiger partial charge in [-0.25, -0.2) is 8.78 Å². The van der Waals surface area contributed by atoms with Gasteiger partial charge in [0.05, 0.1) is 5.02 Å². The first-order valence-electron chi connectivity index (χ1n) is 9.25. The van der Waals surface area contributed by atoms with Gasteiger partial charge in [-0.2, -0.15) is 0 Å². The standard InChI is InChI=1S/C21H24ClF2N3O2/c1-3-4-5-19(25-2)29-13-10-26-15-21(24)8-11-27(12-9-21)20(28)16-6-7-18(23)17(22)14-16/h1,4-7,14,26H,8-13,15H2,2H3/b5-4-,25-19+. The molecule has 1 heterocycles. The average Bonchev–Trinajstić information content (AvgIpc) is 2.72. The first-order chi connectivity index (χ1) is 13.9. The number of likely N-dealkylation sites (tertiary alicyclic amines) is 1. The van der Waals surface area contributed by atoms with Crippen LogP contribution in [0, 0.1) is 18.2 Å². The van der Waals surface area contributed by atoms with Crippen LogP contribution in [0.5, 0.6) is 0 Å². The zero-order chi connectivity index (χ0) is 21.3. The lowest BCUT2D eigenvalue weighted by atomic mass is 9.93. The van der Waals surface area contributed by atoms with Crippen molar-refractivity contribution in [1.29, 1.82) is 0 Å². The molecule has 5 nitrogen and oxygen atoms in total. The van der Waals surface area contributed by atoms with Crippen LogP contribution < -0.4 is 5.32 Å². The Labute approximate surface area is 174 Å². The van der Waals surface area contributed by atoms with Gasteiger partial charge in [0.15, 0.2) is 0 Å². The Bertz CT molecular complexity index is 813. The Kier molecular flexibility index (Phi) is 8.62. The van der Waals surface area contributed by atoms with Crippen molar-refractivity contribution in [3.8, 4) is 12.3 Å². The average molecular weight is 424 g/mol. The highest BCUT2D eigenvalue weighted by molar-refractivity contribution is 6.31. The third kappa shape index (κ3) is 6.84. The minimum Gasteiger partial charge on any atom is -0.477 e. The van der Waals surface area contributed by atoms with E-state index in [1.165, 1.54) is 18.2 Å². The lowest BCUT2D eigenvalue weighted by Gasteiger charge is -2.36. The van der Waals surface area contributed by atoms with Crippen LogP contribution in [-0.2, 0) is 4.74 Å². The van der Waals surface area contributed by atoms with Crippen LogP contribution >= 0.6 is 11.6 Å². The van der Waals surface area contributed by atoms with E-state index in [0.717, 1.165) is 6.07 Å². The fourth-order valence-corrected chi connectivity index (χ4v) is 3.13. The third-order valence-electron chi connectivity index (χ3n) is 4.63. The third-order valence-corrected chi connectivity index (χ3v) is 4.92. The molecule has 0 aromatic heterocycles. The lowest BCUT2D eigenvalue weighted by Crippen LogP contribution is -2.49. The summed E-state index contributed by atoms with van der Waals surface area (Å²) in [6, 6.07) is 3.84. The SMILES string of the molecule is C#C/C=C\C(=N/C)OCCNCC1(F)CCN(C(=O)c2ccc(F)c(Cl)c2)CC1. The number of aliphatic imine (C=N–C) groups is 1. The molecule has 29 heavy (non-hydrogen) atoms. The number of nitrogens with one attached hydrogen (secondary N) is 1. The summed E-state index contributed by atoms with van der Waals surface area (Å²) in [4.78, 5) is 18.0. The minimum absolute atomic E-state index is 0.106. The second-order valence-corrected chi connectivity index (χ2v) is 7.07. The summed E-state index contributed by atoms with van der Waals surface area (Å²) in [6.45, 7) is 1.51. The summed E-state index contributed by atoms with van der Waals surface area (Å²) in [5.41, 5.74) is -1.10. The van der Waals surface area contributed by atoms with Gasteiger partial charge in [0.2, 0.25) is 5.90 Å². The minimum atomic E-state index is -1.40. The maximum Gasteiger partial charge on any atom is 0.253 e. The van der Waals surface area contributed by atoms with Gasteiger partial charge >= 0.3 is 0 Å². The number of piperidine rings is 1. The highest BCUT2D eigenvalue weighted by atomic mass is 35.5. The maximum absolute atomic E-state index is 15.0. The predicted octanol–water partition coefficient (Wildman–Crippen LogP) is 3.25. The Balaban J connectivity index is 1.74. The van der Waals surface area contributed by atoms with Gasteiger partial charge in [-0.1, -0.05) is 17.5 Å². The number of ether oxygens (including phenoxy) is 1. The number of benzene rings is 1. The van der Waals surface area contributed by atoms with Crippen molar-refractivity contribution >= 4 is 23.4 Å². The molecule has 1 aromatic carbocycles. The van der Waals surface area contributed by atoms with E-state index in [1.54, 1.807) is 18.0 Å². The second-order valence-electron chi connectivity index (χ2n) is 6.66. The first kappa shape index (κ1) is 22.9. The number of carbonyl (C=O) groups is 1. The lowest BCUT2D eigenvalue weighted by molar-refractivity contribution is 0.0433. The van der Waals surface area contributed by atoms with E-state index >= 15 is 0 Å². The molecule has 0 spiro atoms. The molecule has 0 bridgehead atoms. The van der Waals surface area contributed by atoms with Gasteiger partial charge in [0, 0.05) is 57.7 Å². The van der Waals surface area contributed by atoms with Gasteiger partial charge in [-0.05, 0) is 24.3 Å². The van der Waals surface area contributed by atoms with E-state index in [4.69, 9.17) is 22.8 Å². The quantitative estimate of drug-likeness (QED) is 0.317. The summed E-state index contributed by atoms with van der Waals surface area (Å²) in [6.07, 6.45) is 8.63. The molecular formula is C21H24ClF2N3O2. The van der Waals surface area contributed by atoms with E-state index in [9.17, 15) is 13.6 Å². The van der Waals surface area contributed by atoms with Gasteiger partial charge in [0.25, 0.3) is 5.91 Å². The summed E-state index contributed by atoms with van der Waals surface area (Å²) < 4.78 is 33.7. The molecule has 1 fully saturated rings. The van der Waals surface area contributed by atoms with Crippen molar-refractivity contribution in [2.75, 3.05) is 39.8 Å². The van der Waals surface area contributed by atoms with Crippen LogP contribution in [0.4, 0.5) is 8.78 Å². The van der Waals surface area contributed by atoms with E-state index in [-0.39, 0.29) is 43.4 Å². The molecule has 0 unspecified atom stereocenters. The number of amides is 1. The molecule has 1 aliphatic heterocycles. The molecule has 1 N–H and O–H groups in total. The molecule has 1 saturated heterocycles. The van der Waals surface area contributed by atoms with Crippen molar-refractivity contribution in [2.45, 2.75) is 18.5 Å². The van der Waals surface area contributed by atoms with Crippen LogP contribution in [0.2, 0.25) is 5.02 Å². The largest absolute Gasteiger partial charge is 0.477 e. The molecule has 8 heteroatoms. The predicted molar refractivity (Wildman–Crippen MR) is 111 cm³/mol. The number of alkyl halides is 1. The molecular weight excluding hydrogens is 400 g/mol. The van der Waals surface area contributed by atoms with Crippen molar-refractivity contribution in [2.24, 2.45) is 4.99 Å². The number of nitrogens with zero attached hydrogens (tertiary/aromatic N) is 2. The topological polar surface area (TPSA) is 53.9 Å². The Hall–Kier alpha value is -2.43. The van der Waals surface area contributed by atoms with Gasteiger partial charge in [-0.3, -0.25) is 9.79 Å². The molecule has 2 rings (SSSR count). The zero-order valence-corrected chi connectivity index (χ0v) is 17.0. The van der Waals surface area contributed by atoms with Gasteiger partial charge in [0.1, 0.15) is 18.1 Å². The van der Waals surface area contributed by atoms with E-state index < -0.39 is 11.5 Å². The Morgan fingerprint density at radius 1 is 1.48 bits per heavy atom. The van der Waals surface area contributed by atoms with E-state index in [1.807, 2.05) is 0 Å². The van der Waals surface area contributed by atoms with Crippen LogP contribution in [0.1, 0.15) is 23.2 Å². The van der Waals surface area contributed by atoms with Crippen molar-refractivity contribution < 1.29 is 18.3 Å². The number of carbonyl (C=O) groups excluding carboxylic acids is 1. The number of rotatable bonds is 7. The first-order valence-corrected chi connectivity index (χ1v) is 9.62. The Morgan fingerprint density at radius 3 is 2.83 bits per heavy atom. The van der Waals surface area contributed by atoms with Crippen molar-refractivity contribution in [3.63, 3.8) is 0 Å². The molecule has 1 amide bonds. The number of terminal acetylenes is 1. The molecule has 0 aliphatic carbocycles. The second kappa shape index (κ2) is 10.9. The van der Waals surface area contributed by atoms with E-state index in [0.29, 0.717) is 24.6 Å². The van der Waals surface area contributed by atoms with Crippen molar-refractivity contribution in [1.82, 2.24) is 10.2 Å². The van der Waals surface area contributed by atoms with E-state index in [2.05, 4.69) is 16.2 Å². The Morgan fingerprint density at radius 2 is 2.21 bits per heavy atom. The number of allylic oxidation sites excluding steroid dienone is 1. The van der Waals surface area contributed by atoms with Crippen molar-refractivity contribution in [3.05, 3.63) is 46.8 Å². The summed E-state index contributed by atoms with van der Waals surface area (Å²) in [5.74, 6) is 1.91. The smallest absolute Gasteiger partial charge is 0.253 e. The van der Waals surface area contributed by atoms with Crippen LogP contribution in [0.3, 0.4) is 0 Å². The molecule has 1 aliphatic rings. The summed E-state index contributed by atoms with van der Waals surface area (Å²) in [5, 5.41) is 2.93. The summed E-state index contributed by atoms with van der Waals surface area (Å²) >= 11 is 5.73. The number of hydrogen-bond acceptors (Lipinski definition) is 4. The maximum atomic E-state index is 15.0. The highest BCUT2D eigenvalue weighted by Crippen LogP contribution is 2.27. The molecule has 0 radical (unpaired) electrons. The number of halogens is 3. The molecule has 0 saturated carbocycles. The van der Waals surface area contributed by atoms with Gasteiger partial charge in [-0.15, -0.1) is 6.42 Å². The zero-order valence-electron chi connectivity index (χ0n) is 16.3. The summed E-state index contributed by atoms with van der Waals surface area (Å²) in [7, 11) is 1.59. The fourth-order valence-electron chi connectivity index (χ4n) is 2.95. The highest BCUT2D eigenvalue weighted by Gasteiger charge is 2.35. The monoisotopic (exact) mass is 423 g/mol. The molecule has 156 valence electrons. The molecule has 0 atom stereocenters. The fraction of sp³-hybridized carbons (Fsp3) is 0.429. The van der Waals surface area contributed by atoms with Gasteiger partial charge < -0.3 is 15.0 Å². The van der Waals surface area contributed by atoms with Crippen LogP contribution in [0.15, 0.2) is 35.3 Å².